The van der Waals surface area contributed by atoms with Gasteiger partial charge in [0.1, 0.15) is 5.75 Å². The minimum absolute atomic E-state index is 0.738. The normalized spacial score (nSPS) is 11.4. The third-order valence-electron chi connectivity index (χ3n) is 4.83. The standard InChI is InChI=1S/C22H20ClNO/c1-12-7-13(2)21(14(3)8-12)15-9-18-17-6-5-16(25-4)11-20(17)24-22(18)19(23)10-15/h5-11,24H,1-4H3. The molecule has 2 nitrogen and oxygen atoms in total. The molecule has 0 amide bonds. The first-order valence-corrected chi connectivity index (χ1v) is 8.73. The molecule has 1 N–H and O–H groups in total. The minimum Gasteiger partial charge on any atom is -0.497 e. The molecule has 4 aromatic rings. The molecule has 126 valence electrons. The molecular formula is C22H20ClNO. The van der Waals surface area contributed by atoms with Gasteiger partial charge in [-0.1, -0.05) is 29.3 Å². The summed E-state index contributed by atoms with van der Waals surface area (Å²) in [6.45, 7) is 6.45. The third-order valence-corrected chi connectivity index (χ3v) is 5.13. The fraction of sp³-hybridized carbons (Fsp3) is 0.182. The molecule has 4 rings (SSSR count). The summed E-state index contributed by atoms with van der Waals surface area (Å²) in [5.41, 5.74) is 8.25. The molecule has 0 aliphatic carbocycles. The van der Waals surface area contributed by atoms with Crippen molar-refractivity contribution < 1.29 is 4.74 Å². The van der Waals surface area contributed by atoms with Crippen molar-refractivity contribution in [2.45, 2.75) is 20.8 Å². The van der Waals surface area contributed by atoms with E-state index < -0.39 is 0 Å². The molecule has 0 aliphatic rings. The Kier molecular flexibility index (Phi) is 3.73. The predicted molar refractivity (Wildman–Crippen MR) is 107 cm³/mol. The second kappa shape index (κ2) is 5.82. The molecule has 3 heteroatoms. The number of aryl methyl sites for hydroxylation is 3. The lowest BCUT2D eigenvalue weighted by Gasteiger charge is -2.12. The summed E-state index contributed by atoms with van der Waals surface area (Å²) in [5, 5.41) is 3.03. The first-order chi connectivity index (χ1) is 12.0. The number of benzene rings is 3. The summed E-state index contributed by atoms with van der Waals surface area (Å²) in [6.07, 6.45) is 0. The summed E-state index contributed by atoms with van der Waals surface area (Å²) >= 11 is 6.63. The number of fused-ring (bicyclic) bond motifs is 3. The highest BCUT2D eigenvalue weighted by Crippen LogP contribution is 2.38. The van der Waals surface area contributed by atoms with E-state index in [1.807, 2.05) is 12.1 Å². The molecule has 0 fully saturated rings. The van der Waals surface area contributed by atoms with E-state index in [4.69, 9.17) is 16.3 Å². The topological polar surface area (TPSA) is 25.0 Å². The molecular weight excluding hydrogens is 330 g/mol. The molecule has 0 saturated carbocycles. The first-order valence-electron chi connectivity index (χ1n) is 8.35. The fourth-order valence-electron chi connectivity index (χ4n) is 3.85. The molecule has 0 unspecified atom stereocenters. The van der Waals surface area contributed by atoms with Gasteiger partial charge in [0.15, 0.2) is 0 Å². The van der Waals surface area contributed by atoms with Crippen molar-refractivity contribution in [1.82, 2.24) is 4.98 Å². The van der Waals surface area contributed by atoms with Gasteiger partial charge in [0.25, 0.3) is 0 Å². The summed E-state index contributed by atoms with van der Waals surface area (Å²) in [5.74, 6) is 0.834. The van der Waals surface area contributed by atoms with Crippen LogP contribution in [0.1, 0.15) is 16.7 Å². The van der Waals surface area contributed by atoms with E-state index in [1.54, 1.807) is 7.11 Å². The number of methoxy groups -OCH3 is 1. The van der Waals surface area contributed by atoms with E-state index >= 15 is 0 Å². The molecule has 0 bridgehead atoms. The van der Waals surface area contributed by atoms with Crippen molar-refractivity contribution in [1.29, 1.82) is 0 Å². The Morgan fingerprint density at radius 3 is 2.28 bits per heavy atom. The highest BCUT2D eigenvalue weighted by atomic mass is 35.5. The van der Waals surface area contributed by atoms with Crippen molar-refractivity contribution in [3.05, 3.63) is 64.2 Å². The van der Waals surface area contributed by atoms with Crippen molar-refractivity contribution in [3.8, 4) is 16.9 Å². The number of hydrogen-bond acceptors (Lipinski definition) is 1. The van der Waals surface area contributed by atoms with Crippen LogP contribution in [0.25, 0.3) is 32.9 Å². The fourth-order valence-corrected chi connectivity index (χ4v) is 4.12. The van der Waals surface area contributed by atoms with Crippen LogP contribution in [0.5, 0.6) is 5.75 Å². The Morgan fingerprint density at radius 2 is 1.60 bits per heavy atom. The number of hydrogen-bond donors (Lipinski definition) is 1. The minimum atomic E-state index is 0.738. The number of aromatic nitrogens is 1. The maximum absolute atomic E-state index is 6.63. The molecule has 0 aliphatic heterocycles. The van der Waals surface area contributed by atoms with Crippen LogP contribution in [-0.4, -0.2) is 12.1 Å². The second-order valence-electron chi connectivity index (χ2n) is 6.69. The zero-order valence-corrected chi connectivity index (χ0v) is 15.6. The Morgan fingerprint density at radius 1 is 0.880 bits per heavy atom. The molecule has 0 saturated heterocycles. The van der Waals surface area contributed by atoms with E-state index in [1.165, 1.54) is 22.3 Å². The lowest BCUT2D eigenvalue weighted by Crippen LogP contribution is -1.90. The Hall–Kier alpha value is -2.45. The lowest BCUT2D eigenvalue weighted by atomic mass is 9.93. The van der Waals surface area contributed by atoms with Crippen LogP contribution >= 0.6 is 11.6 Å². The Labute approximate surface area is 152 Å². The molecule has 1 heterocycles. The highest BCUT2D eigenvalue weighted by molar-refractivity contribution is 6.36. The predicted octanol–water partition coefficient (Wildman–Crippen LogP) is 6.58. The molecule has 3 aromatic carbocycles. The van der Waals surface area contributed by atoms with Crippen molar-refractivity contribution >= 4 is 33.4 Å². The number of nitrogens with one attached hydrogen (secondary N) is 1. The molecule has 1 aromatic heterocycles. The van der Waals surface area contributed by atoms with E-state index in [-0.39, 0.29) is 0 Å². The van der Waals surface area contributed by atoms with Crippen molar-refractivity contribution in [2.75, 3.05) is 7.11 Å². The van der Waals surface area contributed by atoms with Crippen LogP contribution < -0.4 is 4.74 Å². The zero-order valence-electron chi connectivity index (χ0n) is 14.8. The van der Waals surface area contributed by atoms with Gasteiger partial charge in [-0.15, -0.1) is 0 Å². The summed E-state index contributed by atoms with van der Waals surface area (Å²) in [7, 11) is 1.68. The van der Waals surface area contributed by atoms with E-state index in [0.29, 0.717) is 0 Å². The number of ether oxygens (including phenoxy) is 1. The van der Waals surface area contributed by atoms with E-state index in [9.17, 15) is 0 Å². The van der Waals surface area contributed by atoms with Gasteiger partial charge in [0, 0.05) is 16.8 Å². The van der Waals surface area contributed by atoms with Gasteiger partial charge >= 0.3 is 0 Å². The number of H-pyrrole nitrogens is 1. The smallest absolute Gasteiger partial charge is 0.120 e. The Balaban J connectivity index is 2.03. The van der Waals surface area contributed by atoms with Gasteiger partial charge in [0.2, 0.25) is 0 Å². The summed E-state index contributed by atoms with van der Waals surface area (Å²) < 4.78 is 5.33. The average Bonchev–Trinajstić information content (AvgIpc) is 2.92. The maximum Gasteiger partial charge on any atom is 0.120 e. The second-order valence-corrected chi connectivity index (χ2v) is 7.10. The number of aromatic amines is 1. The summed E-state index contributed by atoms with van der Waals surface area (Å²) in [4.78, 5) is 3.43. The van der Waals surface area contributed by atoms with Crippen molar-refractivity contribution in [3.63, 3.8) is 0 Å². The molecule has 0 atom stereocenters. The van der Waals surface area contributed by atoms with Gasteiger partial charge in [-0.2, -0.15) is 0 Å². The van der Waals surface area contributed by atoms with Crippen LogP contribution in [0.3, 0.4) is 0 Å². The van der Waals surface area contributed by atoms with E-state index in [2.05, 4.69) is 56.1 Å². The number of rotatable bonds is 2. The van der Waals surface area contributed by atoms with Gasteiger partial charge in [-0.25, -0.2) is 0 Å². The quantitative estimate of drug-likeness (QED) is 0.434. The summed E-state index contributed by atoms with van der Waals surface area (Å²) in [6, 6.07) is 14.8. The van der Waals surface area contributed by atoms with Crippen LogP contribution in [0.2, 0.25) is 5.02 Å². The van der Waals surface area contributed by atoms with Crippen LogP contribution in [0, 0.1) is 20.8 Å². The molecule has 25 heavy (non-hydrogen) atoms. The van der Waals surface area contributed by atoms with Gasteiger partial charge in [0.05, 0.1) is 23.2 Å². The lowest BCUT2D eigenvalue weighted by molar-refractivity contribution is 0.415. The van der Waals surface area contributed by atoms with Gasteiger partial charge < -0.3 is 9.72 Å². The number of halogens is 1. The van der Waals surface area contributed by atoms with E-state index in [0.717, 1.165) is 38.1 Å². The SMILES string of the molecule is COc1ccc2c(c1)[nH]c1c(Cl)cc(-c3c(C)cc(C)cc3C)cc12. The molecule has 0 spiro atoms. The van der Waals surface area contributed by atoms with Gasteiger partial charge in [-0.3, -0.25) is 0 Å². The van der Waals surface area contributed by atoms with Gasteiger partial charge in [-0.05, 0) is 67.3 Å². The van der Waals surface area contributed by atoms with Crippen LogP contribution in [0.15, 0.2) is 42.5 Å². The monoisotopic (exact) mass is 349 g/mol. The van der Waals surface area contributed by atoms with Crippen LogP contribution in [-0.2, 0) is 0 Å². The third kappa shape index (κ3) is 2.58. The Bertz CT molecular complexity index is 1100. The zero-order chi connectivity index (χ0) is 17.7. The average molecular weight is 350 g/mol. The largest absolute Gasteiger partial charge is 0.497 e. The highest BCUT2D eigenvalue weighted by Gasteiger charge is 2.13. The van der Waals surface area contributed by atoms with Crippen molar-refractivity contribution in [2.24, 2.45) is 0 Å². The maximum atomic E-state index is 6.63. The first kappa shape index (κ1) is 16.0. The van der Waals surface area contributed by atoms with Crippen LogP contribution in [0.4, 0.5) is 0 Å². The molecule has 0 radical (unpaired) electrons.